The molecule has 0 aliphatic rings. The lowest BCUT2D eigenvalue weighted by Gasteiger charge is -2.17. The van der Waals surface area contributed by atoms with E-state index in [1.54, 1.807) is 36.4 Å². The van der Waals surface area contributed by atoms with Crippen LogP contribution < -0.4 is 5.32 Å². The van der Waals surface area contributed by atoms with Crippen LogP contribution in [0.1, 0.15) is 33.9 Å². The Morgan fingerprint density at radius 2 is 1.83 bits per heavy atom. The van der Waals surface area contributed by atoms with Crippen LogP contribution in [0.25, 0.3) is 0 Å². The molecule has 0 saturated heterocycles. The van der Waals surface area contributed by atoms with Crippen molar-refractivity contribution in [1.29, 1.82) is 5.26 Å². The SMILES string of the molecule is C#CC[C@@H](NC(=O)c1c(F)cc(C#N)cc1F)c1ccccc1. The second-order valence-corrected chi connectivity index (χ2v) is 4.77. The molecular weight excluding hydrogens is 298 g/mol. The molecule has 0 saturated carbocycles. The summed E-state index contributed by atoms with van der Waals surface area (Å²) < 4.78 is 27.8. The summed E-state index contributed by atoms with van der Waals surface area (Å²) >= 11 is 0. The Morgan fingerprint density at radius 1 is 1.22 bits per heavy atom. The van der Waals surface area contributed by atoms with Gasteiger partial charge in [0, 0.05) is 6.42 Å². The van der Waals surface area contributed by atoms with Gasteiger partial charge in [-0.3, -0.25) is 4.79 Å². The summed E-state index contributed by atoms with van der Waals surface area (Å²) in [6.07, 6.45) is 5.47. The number of hydrogen-bond donors (Lipinski definition) is 1. The van der Waals surface area contributed by atoms with Gasteiger partial charge >= 0.3 is 0 Å². The third-order valence-corrected chi connectivity index (χ3v) is 3.23. The molecule has 2 aromatic rings. The number of benzene rings is 2. The molecule has 0 spiro atoms. The van der Waals surface area contributed by atoms with Gasteiger partial charge in [0.05, 0.1) is 17.7 Å². The molecule has 0 fully saturated rings. The minimum atomic E-state index is -1.09. The molecule has 1 amide bonds. The van der Waals surface area contributed by atoms with Gasteiger partial charge < -0.3 is 5.32 Å². The third-order valence-electron chi connectivity index (χ3n) is 3.23. The topological polar surface area (TPSA) is 52.9 Å². The number of hydrogen-bond acceptors (Lipinski definition) is 2. The van der Waals surface area contributed by atoms with Gasteiger partial charge in [-0.2, -0.15) is 5.26 Å². The quantitative estimate of drug-likeness (QED) is 0.881. The van der Waals surface area contributed by atoms with Gasteiger partial charge in [-0.15, -0.1) is 12.3 Å². The van der Waals surface area contributed by atoms with Crippen LogP contribution in [-0.2, 0) is 0 Å². The van der Waals surface area contributed by atoms with Gasteiger partial charge in [-0.05, 0) is 17.7 Å². The van der Waals surface area contributed by atoms with Crippen LogP contribution in [0.5, 0.6) is 0 Å². The minimum Gasteiger partial charge on any atom is -0.344 e. The molecule has 0 radical (unpaired) electrons. The van der Waals surface area contributed by atoms with E-state index < -0.39 is 29.1 Å². The van der Waals surface area contributed by atoms with E-state index in [1.165, 1.54) is 0 Å². The molecule has 3 nitrogen and oxygen atoms in total. The zero-order valence-corrected chi connectivity index (χ0v) is 12.0. The van der Waals surface area contributed by atoms with Gasteiger partial charge in [0.15, 0.2) is 0 Å². The van der Waals surface area contributed by atoms with E-state index in [-0.39, 0.29) is 12.0 Å². The molecule has 2 rings (SSSR count). The molecular formula is C18H12F2N2O. The minimum absolute atomic E-state index is 0.176. The fraction of sp³-hybridized carbons (Fsp3) is 0.111. The summed E-state index contributed by atoms with van der Waals surface area (Å²) in [7, 11) is 0. The first-order valence-electron chi connectivity index (χ1n) is 6.75. The van der Waals surface area contributed by atoms with Crippen molar-refractivity contribution in [2.24, 2.45) is 0 Å². The maximum Gasteiger partial charge on any atom is 0.257 e. The number of nitrogens with zero attached hydrogens (tertiary/aromatic N) is 1. The Balaban J connectivity index is 2.30. The van der Waals surface area contributed by atoms with Gasteiger partial charge in [0.1, 0.15) is 17.2 Å². The summed E-state index contributed by atoms with van der Waals surface area (Å²) in [5.41, 5.74) is -0.199. The van der Waals surface area contributed by atoms with Crippen LogP contribution in [0.2, 0.25) is 0 Å². The predicted molar refractivity (Wildman–Crippen MR) is 81.2 cm³/mol. The van der Waals surface area contributed by atoms with Gasteiger partial charge in [-0.25, -0.2) is 8.78 Å². The van der Waals surface area contributed by atoms with Crippen molar-refractivity contribution < 1.29 is 13.6 Å². The Morgan fingerprint density at radius 3 is 2.35 bits per heavy atom. The Kier molecular flexibility index (Phi) is 5.07. The predicted octanol–water partition coefficient (Wildman–Crippen LogP) is 3.33. The molecule has 114 valence electrons. The number of rotatable bonds is 4. The van der Waals surface area contributed by atoms with Crippen molar-refractivity contribution >= 4 is 5.91 Å². The summed E-state index contributed by atoms with van der Waals surface area (Å²) in [6.45, 7) is 0. The first kappa shape index (κ1) is 16.2. The highest BCUT2D eigenvalue weighted by molar-refractivity contribution is 5.95. The highest BCUT2D eigenvalue weighted by Gasteiger charge is 2.22. The van der Waals surface area contributed by atoms with E-state index in [2.05, 4.69) is 11.2 Å². The normalized spacial score (nSPS) is 11.1. The number of carbonyl (C=O) groups excluding carboxylic acids is 1. The molecule has 5 heteroatoms. The molecule has 1 atom stereocenters. The maximum atomic E-state index is 13.9. The van der Waals surface area contributed by atoms with Gasteiger partial charge in [-0.1, -0.05) is 30.3 Å². The molecule has 23 heavy (non-hydrogen) atoms. The van der Waals surface area contributed by atoms with Crippen molar-refractivity contribution in [3.63, 3.8) is 0 Å². The van der Waals surface area contributed by atoms with Crippen molar-refractivity contribution in [3.8, 4) is 18.4 Å². The zero-order valence-electron chi connectivity index (χ0n) is 12.0. The molecule has 0 bridgehead atoms. The second kappa shape index (κ2) is 7.20. The molecule has 0 unspecified atom stereocenters. The molecule has 0 aliphatic carbocycles. The average Bonchev–Trinajstić information content (AvgIpc) is 2.54. The van der Waals surface area contributed by atoms with E-state index in [1.807, 2.05) is 0 Å². The second-order valence-electron chi connectivity index (χ2n) is 4.77. The monoisotopic (exact) mass is 310 g/mol. The van der Waals surface area contributed by atoms with Crippen LogP contribution in [0.15, 0.2) is 42.5 Å². The van der Waals surface area contributed by atoms with E-state index in [0.717, 1.165) is 17.7 Å². The lowest BCUT2D eigenvalue weighted by molar-refractivity contribution is 0.0929. The van der Waals surface area contributed by atoms with Crippen LogP contribution in [-0.4, -0.2) is 5.91 Å². The van der Waals surface area contributed by atoms with Crippen molar-refractivity contribution in [2.45, 2.75) is 12.5 Å². The van der Waals surface area contributed by atoms with E-state index in [9.17, 15) is 13.6 Å². The average molecular weight is 310 g/mol. The highest BCUT2D eigenvalue weighted by Crippen LogP contribution is 2.20. The zero-order chi connectivity index (χ0) is 16.8. The lowest BCUT2D eigenvalue weighted by Crippen LogP contribution is -2.30. The number of terminal acetylenes is 1. The number of nitriles is 1. The van der Waals surface area contributed by atoms with Crippen molar-refractivity contribution in [2.75, 3.05) is 0 Å². The first-order valence-corrected chi connectivity index (χ1v) is 6.75. The maximum absolute atomic E-state index is 13.9. The van der Waals surface area contributed by atoms with Crippen LogP contribution in [0, 0.1) is 35.3 Å². The van der Waals surface area contributed by atoms with Crippen molar-refractivity contribution in [1.82, 2.24) is 5.32 Å². The third kappa shape index (κ3) is 3.72. The molecule has 0 aromatic heterocycles. The number of halogens is 2. The molecule has 0 heterocycles. The molecule has 2 aromatic carbocycles. The number of nitrogens with one attached hydrogen (secondary N) is 1. The summed E-state index contributed by atoms with van der Waals surface area (Å²) in [4.78, 5) is 12.2. The number of carbonyl (C=O) groups is 1. The standard InChI is InChI=1S/C18H12F2N2O/c1-2-6-16(13-7-4-3-5-8-13)22-18(23)17-14(19)9-12(11-21)10-15(17)20/h1,3-5,7-10,16H,6H2,(H,22,23)/t16-/m1/s1. The highest BCUT2D eigenvalue weighted by atomic mass is 19.1. The summed E-state index contributed by atoms with van der Waals surface area (Å²) in [5.74, 6) is -0.680. The number of amides is 1. The lowest BCUT2D eigenvalue weighted by atomic mass is 10.0. The van der Waals surface area contributed by atoms with E-state index >= 15 is 0 Å². The Bertz CT molecular complexity index is 781. The van der Waals surface area contributed by atoms with Gasteiger partial charge in [0.25, 0.3) is 5.91 Å². The van der Waals surface area contributed by atoms with Crippen LogP contribution in [0.4, 0.5) is 8.78 Å². The smallest absolute Gasteiger partial charge is 0.257 e. The molecule has 1 N–H and O–H groups in total. The van der Waals surface area contributed by atoms with Gasteiger partial charge in [0.2, 0.25) is 0 Å². The first-order chi connectivity index (χ1) is 11.1. The fourth-order valence-electron chi connectivity index (χ4n) is 2.14. The van der Waals surface area contributed by atoms with Crippen molar-refractivity contribution in [3.05, 3.63) is 70.8 Å². The fourth-order valence-corrected chi connectivity index (χ4v) is 2.14. The Labute approximate surface area is 132 Å². The van der Waals surface area contributed by atoms with E-state index in [0.29, 0.717) is 0 Å². The van der Waals surface area contributed by atoms with Crippen LogP contribution in [0.3, 0.4) is 0 Å². The molecule has 0 aliphatic heterocycles. The van der Waals surface area contributed by atoms with Crippen LogP contribution >= 0.6 is 0 Å². The largest absolute Gasteiger partial charge is 0.344 e. The Hall–Kier alpha value is -3.18. The van der Waals surface area contributed by atoms with E-state index in [4.69, 9.17) is 11.7 Å². The summed E-state index contributed by atoms with van der Waals surface area (Å²) in [6, 6.07) is 11.6. The summed E-state index contributed by atoms with van der Waals surface area (Å²) in [5, 5.41) is 11.2.